The number of para-hydroxylation sites is 2. The molecule has 3 aromatic heterocycles. The van der Waals surface area contributed by atoms with E-state index in [1.165, 1.54) is 96.0 Å². The smallest absolute Gasteiger partial charge is 0.143 e. The van der Waals surface area contributed by atoms with Crippen LogP contribution in [0.5, 0.6) is 0 Å². The van der Waals surface area contributed by atoms with Crippen LogP contribution < -0.4 is 0 Å². The van der Waals surface area contributed by atoms with Crippen molar-refractivity contribution in [2.75, 3.05) is 0 Å². The molecule has 0 aliphatic rings. The Labute approximate surface area is 378 Å². The summed E-state index contributed by atoms with van der Waals surface area (Å²) in [5.41, 5.74) is 15.9. The van der Waals surface area contributed by atoms with Crippen LogP contribution in [0.25, 0.3) is 107 Å². The van der Waals surface area contributed by atoms with Crippen molar-refractivity contribution in [2.45, 2.75) is 78.6 Å². The minimum absolute atomic E-state index is 0.0182. The van der Waals surface area contributed by atoms with Gasteiger partial charge in [-0.1, -0.05) is 178 Å². The fourth-order valence-corrected chi connectivity index (χ4v) is 12.8. The van der Waals surface area contributed by atoms with Crippen molar-refractivity contribution in [1.29, 1.82) is 0 Å². The molecule has 11 rings (SSSR count). The van der Waals surface area contributed by atoms with E-state index in [4.69, 9.17) is 4.42 Å². The molecule has 8 aromatic carbocycles. The van der Waals surface area contributed by atoms with Crippen molar-refractivity contribution >= 4 is 85.0 Å². The molecule has 3 heterocycles. The van der Waals surface area contributed by atoms with E-state index in [1.54, 1.807) is 0 Å². The lowest BCUT2D eigenvalue weighted by Gasteiger charge is -2.32. The fraction of sp³-hybridized carbons (Fsp3) is 0.200. The number of hydrogen-bond donors (Lipinski definition) is 0. The Morgan fingerprint density at radius 2 is 0.968 bits per heavy atom. The fourth-order valence-electron chi connectivity index (χ4n) is 10.4. The van der Waals surface area contributed by atoms with Crippen LogP contribution in [0.2, 0.25) is 0 Å². The Morgan fingerprint density at radius 3 is 1.73 bits per heavy atom. The van der Waals surface area contributed by atoms with Gasteiger partial charge < -0.3 is 4.42 Å². The summed E-state index contributed by atoms with van der Waals surface area (Å²) < 4.78 is 11.9. The molecule has 0 aliphatic heterocycles. The lowest BCUT2D eigenvalue weighted by Crippen LogP contribution is -2.23. The van der Waals surface area contributed by atoms with E-state index in [0.717, 1.165) is 27.5 Å². The van der Waals surface area contributed by atoms with Gasteiger partial charge in [-0.2, -0.15) is 0 Å². The Morgan fingerprint density at radius 1 is 0.365 bits per heavy atom. The van der Waals surface area contributed by atoms with E-state index in [0.29, 0.717) is 0 Å². The third-order valence-electron chi connectivity index (χ3n) is 13.0. The monoisotopic (exact) mass is 852 g/mol. The first-order valence-electron chi connectivity index (χ1n) is 22.2. The maximum Gasteiger partial charge on any atom is 0.143 e. The minimum atomic E-state index is -0.175. The average molecular weight is 853 g/mol. The van der Waals surface area contributed by atoms with Gasteiger partial charge in [0, 0.05) is 62.2 Å². The molecule has 0 aliphatic carbocycles. The predicted octanol–water partition coefficient (Wildman–Crippen LogP) is 18.9. The van der Waals surface area contributed by atoms with Gasteiger partial charge in [-0.05, 0) is 103 Å². The van der Waals surface area contributed by atoms with Crippen molar-refractivity contribution < 1.29 is 4.42 Å². The zero-order chi connectivity index (χ0) is 43.6. The highest BCUT2D eigenvalue weighted by Gasteiger charge is 2.30. The molecule has 0 fully saturated rings. The summed E-state index contributed by atoms with van der Waals surface area (Å²) in [6.07, 6.45) is 0. The maximum atomic E-state index is 6.67. The van der Waals surface area contributed by atoms with Crippen LogP contribution in [-0.4, -0.2) is 0 Å². The molecule has 0 spiro atoms. The van der Waals surface area contributed by atoms with Gasteiger partial charge in [0.25, 0.3) is 0 Å². The first-order valence-corrected chi connectivity index (χ1v) is 23.9. The first kappa shape index (κ1) is 39.8. The Balaban J connectivity index is 1.14. The highest BCUT2D eigenvalue weighted by molar-refractivity contribution is 7.26. The lowest BCUT2D eigenvalue weighted by molar-refractivity contribution is 0.531. The average Bonchev–Trinajstić information content (AvgIpc) is 3.95. The highest BCUT2D eigenvalue weighted by Crippen LogP contribution is 2.50. The second kappa shape index (κ2) is 14.3. The Hall–Kier alpha value is -6.00. The standard InChI is InChI=1S/C60H52OS2/c1-58(2,3)48-26-16-23-40(55(48)60(7,8)9)39-20-17-29-51-53(39)45-31-30-35(34-52(45)62-51)36-32-46-38-19-11-13-28-50(38)63-57(46)47(33-36)42-22-14-21-41(54(42)59(4,5)6)44-25-15-24-43-37-18-10-12-27-49(37)61-56(43)44/h10-34H,1-9H3. The van der Waals surface area contributed by atoms with Crippen molar-refractivity contribution in [3.05, 3.63) is 168 Å². The summed E-state index contributed by atoms with van der Waals surface area (Å²) in [6.45, 7) is 21.2. The summed E-state index contributed by atoms with van der Waals surface area (Å²) in [5.74, 6) is 0. The van der Waals surface area contributed by atoms with Crippen LogP contribution in [0.15, 0.2) is 156 Å². The predicted molar refractivity (Wildman–Crippen MR) is 277 cm³/mol. The molecular weight excluding hydrogens is 801 g/mol. The van der Waals surface area contributed by atoms with E-state index in [9.17, 15) is 0 Å². The third-order valence-corrected chi connectivity index (χ3v) is 15.4. The van der Waals surface area contributed by atoms with Crippen LogP contribution in [0.4, 0.5) is 0 Å². The highest BCUT2D eigenvalue weighted by atomic mass is 32.1. The summed E-state index contributed by atoms with van der Waals surface area (Å²) in [4.78, 5) is 0. The third kappa shape index (κ3) is 6.46. The van der Waals surface area contributed by atoms with Crippen molar-refractivity contribution in [1.82, 2.24) is 0 Å². The van der Waals surface area contributed by atoms with Crippen molar-refractivity contribution in [3.63, 3.8) is 0 Å². The first-order chi connectivity index (χ1) is 30.1. The van der Waals surface area contributed by atoms with Crippen LogP contribution in [0.3, 0.4) is 0 Å². The number of benzene rings is 8. The molecule has 0 saturated carbocycles. The molecule has 0 radical (unpaired) electrons. The molecule has 0 atom stereocenters. The Bertz CT molecular complexity index is 3620. The molecule has 3 heteroatoms. The van der Waals surface area contributed by atoms with E-state index < -0.39 is 0 Å². The molecule has 310 valence electrons. The molecule has 0 saturated heterocycles. The van der Waals surface area contributed by atoms with Gasteiger partial charge in [0.05, 0.1) is 0 Å². The molecule has 0 N–H and O–H groups in total. The molecule has 0 unspecified atom stereocenters. The number of furan rings is 1. The summed E-state index contributed by atoms with van der Waals surface area (Å²) in [5, 5.41) is 7.59. The van der Waals surface area contributed by atoms with Crippen LogP contribution in [-0.2, 0) is 16.2 Å². The van der Waals surface area contributed by atoms with Gasteiger partial charge >= 0.3 is 0 Å². The largest absolute Gasteiger partial charge is 0.455 e. The molecular formula is C60H52OS2. The SMILES string of the molecule is CC(C)(C)c1cccc(-c2cccc3sc4cc(-c5cc(-c6cccc(-c7cccc8c7oc7ccccc78)c6C(C)(C)C)c6sc7ccccc7c6c5)ccc4c23)c1C(C)(C)C. The van der Waals surface area contributed by atoms with E-state index >= 15 is 0 Å². The summed E-state index contributed by atoms with van der Waals surface area (Å²) >= 11 is 3.82. The molecule has 11 aromatic rings. The van der Waals surface area contributed by atoms with Gasteiger partial charge in [0.2, 0.25) is 0 Å². The van der Waals surface area contributed by atoms with Crippen LogP contribution >= 0.6 is 22.7 Å². The minimum Gasteiger partial charge on any atom is -0.455 e. The van der Waals surface area contributed by atoms with Crippen LogP contribution in [0.1, 0.15) is 79.0 Å². The molecule has 1 nitrogen and oxygen atoms in total. The molecule has 63 heavy (non-hydrogen) atoms. The summed E-state index contributed by atoms with van der Waals surface area (Å²) in [7, 11) is 0. The van der Waals surface area contributed by atoms with E-state index in [2.05, 4.69) is 214 Å². The number of thiophene rings is 2. The van der Waals surface area contributed by atoms with E-state index in [1.807, 2.05) is 22.7 Å². The van der Waals surface area contributed by atoms with Gasteiger partial charge in [-0.3, -0.25) is 0 Å². The van der Waals surface area contributed by atoms with Gasteiger partial charge in [-0.15, -0.1) is 22.7 Å². The van der Waals surface area contributed by atoms with Crippen molar-refractivity contribution in [2.24, 2.45) is 0 Å². The number of rotatable bonds is 4. The Kier molecular flexibility index (Phi) is 9.01. The molecule has 0 amide bonds. The maximum absolute atomic E-state index is 6.67. The summed E-state index contributed by atoms with van der Waals surface area (Å²) in [6, 6.07) is 56.8. The van der Waals surface area contributed by atoms with E-state index in [-0.39, 0.29) is 16.2 Å². The lowest BCUT2D eigenvalue weighted by atomic mass is 9.72. The second-order valence-corrected chi connectivity index (χ2v) is 22.6. The van der Waals surface area contributed by atoms with Gasteiger partial charge in [-0.25, -0.2) is 0 Å². The van der Waals surface area contributed by atoms with Gasteiger partial charge in [0.15, 0.2) is 0 Å². The number of fused-ring (bicyclic) bond motifs is 9. The van der Waals surface area contributed by atoms with Crippen molar-refractivity contribution in [3.8, 4) is 44.5 Å². The zero-order valence-electron chi connectivity index (χ0n) is 37.7. The molecule has 0 bridgehead atoms. The quantitative estimate of drug-likeness (QED) is 0.172. The second-order valence-electron chi connectivity index (χ2n) is 20.5. The van der Waals surface area contributed by atoms with Crippen LogP contribution in [0, 0.1) is 0 Å². The zero-order valence-corrected chi connectivity index (χ0v) is 39.3. The number of hydrogen-bond acceptors (Lipinski definition) is 3. The normalized spacial score (nSPS) is 12.8. The topological polar surface area (TPSA) is 13.1 Å². The van der Waals surface area contributed by atoms with Gasteiger partial charge in [0.1, 0.15) is 11.2 Å².